The summed E-state index contributed by atoms with van der Waals surface area (Å²) in [6, 6.07) is 10.1. The molecule has 3 atom stereocenters. The molecule has 3 aliphatic heterocycles. The number of carbonyl (C=O) groups is 2. The molecule has 1 aromatic carbocycles. The Balaban J connectivity index is 1.39. The van der Waals surface area contributed by atoms with Crippen LogP contribution in [0.5, 0.6) is 0 Å². The van der Waals surface area contributed by atoms with Crippen molar-refractivity contribution in [2.75, 3.05) is 32.8 Å². The highest BCUT2D eigenvalue weighted by Gasteiger charge is 2.51. The van der Waals surface area contributed by atoms with Crippen molar-refractivity contribution in [3.63, 3.8) is 0 Å². The topological polar surface area (TPSA) is 98.5 Å². The van der Waals surface area contributed by atoms with Gasteiger partial charge in [0.05, 0.1) is 6.04 Å². The number of amides is 2. The van der Waals surface area contributed by atoms with Gasteiger partial charge in [0.25, 0.3) is 5.91 Å². The molecule has 0 spiro atoms. The number of carbonyl (C=O) groups excluding carboxylic acids is 2. The van der Waals surface area contributed by atoms with Gasteiger partial charge in [-0.15, -0.1) is 0 Å². The predicted molar refractivity (Wildman–Crippen MR) is 109 cm³/mol. The second-order valence-electron chi connectivity index (χ2n) is 8.52. The summed E-state index contributed by atoms with van der Waals surface area (Å²) in [4.78, 5) is 46.5. The minimum absolute atomic E-state index is 0.0199. The Morgan fingerprint density at radius 1 is 1.03 bits per heavy atom. The first-order valence-corrected chi connectivity index (χ1v) is 10.6. The van der Waals surface area contributed by atoms with Gasteiger partial charge >= 0.3 is 5.69 Å². The summed E-state index contributed by atoms with van der Waals surface area (Å²) in [6.07, 6.45) is 2.98. The Morgan fingerprint density at radius 3 is 2.50 bits per heavy atom. The third-order valence-electron chi connectivity index (χ3n) is 6.77. The Kier molecular flexibility index (Phi) is 4.94. The Labute approximate surface area is 174 Å². The zero-order valence-corrected chi connectivity index (χ0v) is 16.8. The van der Waals surface area contributed by atoms with Gasteiger partial charge in [0, 0.05) is 56.8 Å². The van der Waals surface area contributed by atoms with Crippen LogP contribution in [0.3, 0.4) is 0 Å². The molecule has 1 aromatic heterocycles. The molecule has 3 fully saturated rings. The number of benzene rings is 1. The quantitative estimate of drug-likeness (QED) is 0.799. The van der Waals surface area contributed by atoms with Crippen LogP contribution in [0.2, 0.25) is 0 Å². The number of nitrogens with one attached hydrogen (secondary N) is 2. The summed E-state index contributed by atoms with van der Waals surface area (Å²) in [6.45, 7) is 3.12. The van der Waals surface area contributed by atoms with E-state index in [0.717, 1.165) is 18.4 Å². The number of nitrogens with zero attached hydrogens (tertiary/aromatic N) is 2. The monoisotopic (exact) mass is 410 g/mol. The van der Waals surface area contributed by atoms with Gasteiger partial charge < -0.3 is 24.5 Å². The first kappa shape index (κ1) is 19.1. The molecule has 8 nitrogen and oxygen atoms in total. The van der Waals surface area contributed by atoms with Gasteiger partial charge in [-0.25, -0.2) is 4.79 Å². The van der Waals surface area contributed by atoms with Crippen LogP contribution in [0.1, 0.15) is 34.9 Å². The zero-order valence-electron chi connectivity index (χ0n) is 16.8. The van der Waals surface area contributed by atoms with Crippen LogP contribution in [0, 0.1) is 17.8 Å². The highest BCUT2D eigenvalue weighted by molar-refractivity contribution is 5.92. The number of fused-ring (bicyclic) bond motifs is 1. The van der Waals surface area contributed by atoms with Crippen molar-refractivity contribution in [2.45, 2.75) is 18.9 Å². The predicted octanol–water partition coefficient (Wildman–Crippen LogP) is 1.40. The first-order chi connectivity index (χ1) is 14.6. The summed E-state index contributed by atoms with van der Waals surface area (Å²) < 4.78 is 5.44. The highest BCUT2D eigenvalue weighted by Crippen LogP contribution is 2.46. The molecule has 2 amide bonds. The minimum atomic E-state index is -0.381. The van der Waals surface area contributed by atoms with E-state index in [4.69, 9.17) is 4.74 Å². The van der Waals surface area contributed by atoms with Crippen molar-refractivity contribution in [3.8, 4) is 0 Å². The van der Waals surface area contributed by atoms with Crippen molar-refractivity contribution in [3.05, 3.63) is 58.3 Å². The van der Waals surface area contributed by atoms with Crippen LogP contribution in [0.25, 0.3) is 0 Å². The van der Waals surface area contributed by atoms with Crippen molar-refractivity contribution in [2.24, 2.45) is 17.8 Å². The van der Waals surface area contributed by atoms with Gasteiger partial charge in [-0.1, -0.05) is 30.3 Å². The van der Waals surface area contributed by atoms with E-state index in [1.54, 1.807) is 4.90 Å². The van der Waals surface area contributed by atoms with Gasteiger partial charge in [0.2, 0.25) is 5.91 Å². The van der Waals surface area contributed by atoms with Crippen LogP contribution < -0.4 is 5.69 Å². The number of hydrogen-bond acceptors (Lipinski definition) is 4. The normalized spacial score (nSPS) is 26.7. The summed E-state index contributed by atoms with van der Waals surface area (Å²) >= 11 is 0. The van der Waals surface area contributed by atoms with Crippen molar-refractivity contribution < 1.29 is 14.3 Å². The van der Waals surface area contributed by atoms with E-state index >= 15 is 0 Å². The fourth-order valence-corrected chi connectivity index (χ4v) is 5.31. The van der Waals surface area contributed by atoms with E-state index in [9.17, 15) is 14.4 Å². The molecular formula is C22H26N4O4. The summed E-state index contributed by atoms with van der Waals surface area (Å²) in [5.41, 5.74) is 1.02. The summed E-state index contributed by atoms with van der Waals surface area (Å²) in [7, 11) is 0. The van der Waals surface area contributed by atoms with E-state index in [2.05, 4.69) is 27.0 Å². The maximum atomic E-state index is 13.4. The molecular weight excluding hydrogens is 384 g/mol. The number of ether oxygens (including phenoxy) is 1. The average Bonchev–Trinajstić information content (AvgIpc) is 3.48. The highest BCUT2D eigenvalue weighted by atomic mass is 16.5. The van der Waals surface area contributed by atoms with E-state index in [-0.39, 0.29) is 47.0 Å². The standard InChI is InChI=1S/C22H26N4O4/c27-20(15-6-8-30-9-7-15)26-12-16-11-25(21(28)18-10-23-22(29)24-18)13-17(16)19(26)14-4-2-1-3-5-14/h1-5,10,15-17,19H,6-9,11-13H2,(H2,23,24,29)/t16-,17-,19+/m0/s1. The number of rotatable bonds is 3. The fourth-order valence-electron chi connectivity index (χ4n) is 5.31. The molecule has 0 unspecified atom stereocenters. The number of H-pyrrole nitrogens is 2. The third kappa shape index (κ3) is 3.35. The smallest absolute Gasteiger partial charge is 0.323 e. The minimum Gasteiger partial charge on any atom is -0.381 e. The second kappa shape index (κ2) is 7.75. The van der Waals surface area contributed by atoms with Gasteiger partial charge in [0.1, 0.15) is 5.69 Å². The van der Waals surface area contributed by atoms with Crippen LogP contribution in [0.4, 0.5) is 0 Å². The molecule has 3 aliphatic rings. The zero-order chi connectivity index (χ0) is 20.7. The molecule has 0 saturated carbocycles. The SMILES string of the molecule is O=C(c1c[nH]c(=O)[nH]1)N1C[C@H]2CN(C(=O)C3CCOCC3)[C@H](c3ccccc3)[C@H]2C1. The fraction of sp³-hybridized carbons (Fsp3) is 0.500. The lowest BCUT2D eigenvalue weighted by Crippen LogP contribution is -2.41. The van der Waals surface area contributed by atoms with Crippen molar-refractivity contribution in [1.29, 1.82) is 0 Å². The van der Waals surface area contributed by atoms with Gasteiger partial charge in [0.15, 0.2) is 0 Å². The number of hydrogen-bond donors (Lipinski definition) is 2. The van der Waals surface area contributed by atoms with Crippen LogP contribution in [0.15, 0.2) is 41.3 Å². The molecule has 0 aliphatic carbocycles. The summed E-state index contributed by atoms with van der Waals surface area (Å²) in [5, 5.41) is 0. The molecule has 5 rings (SSSR count). The molecule has 0 bridgehead atoms. The lowest BCUT2D eigenvalue weighted by molar-refractivity contribution is -0.140. The Morgan fingerprint density at radius 2 is 1.80 bits per heavy atom. The van der Waals surface area contributed by atoms with Crippen LogP contribution in [-0.4, -0.2) is 64.4 Å². The molecule has 158 valence electrons. The second-order valence-corrected chi connectivity index (χ2v) is 8.52. The lowest BCUT2D eigenvalue weighted by atomic mass is 9.89. The maximum Gasteiger partial charge on any atom is 0.323 e. The van der Waals surface area contributed by atoms with Crippen molar-refractivity contribution >= 4 is 11.8 Å². The van der Waals surface area contributed by atoms with E-state index in [1.807, 2.05) is 18.2 Å². The molecule has 30 heavy (non-hydrogen) atoms. The molecule has 3 saturated heterocycles. The first-order valence-electron chi connectivity index (χ1n) is 10.6. The maximum absolute atomic E-state index is 13.4. The average molecular weight is 410 g/mol. The Hall–Kier alpha value is -2.87. The van der Waals surface area contributed by atoms with Gasteiger partial charge in [-0.2, -0.15) is 0 Å². The number of imidazole rings is 1. The largest absolute Gasteiger partial charge is 0.381 e. The lowest BCUT2D eigenvalue weighted by Gasteiger charge is -2.33. The van der Waals surface area contributed by atoms with E-state index in [1.165, 1.54) is 6.20 Å². The third-order valence-corrected chi connectivity index (χ3v) is 6.77. The van der Waals surface area contributed by atoms with Crippen LogP contribution >= 0.6 is 0 Å². The van der Waals surface area contributed by atoms with E-state index in [0.29, 0.717) is 32.8 Å². The molecule has 8 heteroatoms. The van der Waals surface area contributed by atoms with Gasteiger partial charge in [-0.3, -0.25) is 9.59 Å². The van der Waals surface area contributed by atoms with Crippen LogP contribution in [-0.2, 0) is 9.53 Å². The number of aromatic amines is 2. The van der Waals surface area contributed by atoms with E-state index < -0.39 is 0 Å². The summed E-state index contributed by atoms with van der Waals surface area (Å²) in [5.74, 6) is 0.483. The van der Waals surface area contributed by atoms with Gasteiger partial charge in [-0.05, 0) is 18.4 Å². The molecule has 0 radical (unpaired) electrons. The molecule has 2 aromatic rings. The Bertz CT molecular complexity index is 978. The molecule has 2 N–H and O–H groups in total. The number of likely N-dealkylation sites (tertiary alicyclic amines) is 2. The van der Waals surface area contributed by atoms with Crippen molar-refractivity contribution in [1.82, 2.24) is 19.8 Å². The molecule has 4 heterocycles. The number of aromatic nitrogens is 2.